The van der Waals surface area contributed by atoms with Gasteiger partial charge in [0.05, 0.1) is 0 Å². The lowest BCUT2D eigenvalue weighted by atomic mass is 9.97. The van der Waals surface area contributed by atoms with Gasteiger partial charge in [0.2, 0.25) is 0 Å². The molecule has 1 heteroatoms. The molecule has 1 aromatic carbocycles. The van der Waals surface area contributed by atoms with Gasteiger partial charge in [-0.1, -0.05) is 32.4 Å². The fraction of sp³-hybridized carbons (Fsp3) is 0.455. The fourth-order valence-electron chi connectivity index (χ4n) is 1.41. The molecule has 0 heterocycles. The highest BCUT2D eigenvalue weighted by atomic mass is 19.1. The summed E-state index contributed by atoms with van der Waals surface area (Å²) >= 11 is 0. The maximum atomic E-state index is 12.8. The van der Waals surface area contributed by atoms with Crippen molar-refractivity contribution < 1.29 is 4.39 Å². The summed E-state index contributed by atoms with van der Waals surface area (Å²) in [6.45, 7) is 4.29. The predicted molar refractivity (Wildman–Crippen MR) is 49.7 cm³/mol. The Morgan fingerprint density at radius 3 is 2.75 bits per heavy atom. The standard InChI is InChI=1S/C11H15F/c1-3-5-9(2)10-6-4-7-11(12)8-10/h4,6-9H,3,5H2,1-2H3/t9-/m1/s1. The maximum Gasteiger partial charge on any atom is 0.123 e. The molecule has 0 nitrogen and oxygen atoms in total. The summed E-state index contributed by atoms with van der Waals surface area (Å²) in [6.07, 6.45) is 2.28. The van der Waals surface area contributed by atoms with Crippen LogP contribution in [0, 0.1) is 5.82 Å². The first kappa shape index (κ1) is 9.24. The minimum atomic E-state index is -0.129. The highest BCUT2D eigenvalue weighted by Gasteiger charge is 2.03. The van der Waals surface area contributed by atoms with Crippen molar-refractivity contribution in [2.45, 2.75) is 32.6 Å². The molecule has 66 valence electrons. The van der Waals surface area contributed by atoms with Gasteiger partial charge < -0.3 is 0 Å². The van der Waals surface area contributed by atoms with E-state index < -0.39 is 0 Å². The Bertz CT molecular complexity index is 243. The summed E-state index contributed by atoms with van der Waals surface area (Å²) in [5.74, 6) is 0.348. The van der Waals surface area contributed by atoms with E-state index in [4.69, 9.17) is 0 Å². The molecule has 0 N–H and O–H groups in total. The molecule has 1 atom stereocenters. The second kappa shape index (κ2) is 4.24. The van der Waals surface area contributed by atoms with Crippen molar-refractivity contribution in [2.75, 3.05) is 0 Å². The first-order chi connectivity index (χ1) is 5.74. The molecule has 0 aromatic heterocycles. The van der Waals surface area contributed by atoms with Crippen LogP contribution in [-0.4, -0.2) is 0 Å². The highest BCUT2D eigenvalue weighted by molar-refractivity contribution is 5.19. The minimum absolute atomic E-state index is 0.129. The number of benzene rings is 1. The van der Waals surface area contributed by atoms with Gasteiger partial charge in [-0.25, -0.2) is 4.39 Å². The van der Waals surface area contributed by atoms with Crippen LogP contribution in [0.1, 0.15) is 38.2 Å². The van der Waals surface area contributed by atoms with E-state index in [1.165, 1.54) is 6.07 Å². The van der Waals surface area contributed by atoms with Crippen LogP contribution in [-0.2, 0) is 0 Å². The molecule has 0 spiro atoms. The molecule has 0 radical (unpaired) electrons. The largest absolute Gasteiger partial charge is 0.207 e. The molecule has 0 aliphatic heterocycles. The second-order valence-corrected chi connectivity index (χ2v) is 3.24. The van der Waals surface area contributed by atoms with Gasteiger partial charge in [-0.3, -0.25) is 0 Å². The lowest BCUT2D eigenvalue weighted by Crippen LogP contribution is -1.92. The van der Waals surface area contributed by atoms with E-state index in [1.807, 2.05) is 6.07 Å². The molecular weight excluding hydrogens is 151 g/mol. The van der Waals surface area contributed by atoms with Crippen molar-refractivity contribution in [3.63, 3.8) is 0 Å². The van der Waals surface area contributed by atoms with Crippen LogP contribution < -0.4 is 0 Å². The summed E-state index contributed by atoms with van der Waals surface area (Å²) < 4.78 is 12.8. The number of hydrogen-bond acceptors (Lipinski definition) is 0. The zero-order valence-corrected chi connectivity index (χ0v) is 7.68. The molecule has 1 rings (SSSR count). The molecule has 0 aliphatic carbocycles. The average Bonchev–Trinajstić information content (AvgIpc) is 2.05. The average molecular weight is 166 g/mol. The van der Waals surface area contributed by atoms with Crippen LogP contribution in [0.4, 0.5) is 4.39 Å². The summed E-state index contributed by atoms with van der Waals surface area (Å²) in [5.41, 5.74) is 1.11. The van der Waals surface area contributed by atoms with Crippen molar-refractivity contribution >= 4 is 0 Å². The number of rotatable bonds is 3. The fourth-order valence-corrected chi connectivity index (χ4v) is 1.41. The third kappa shape index (κ3) is 2.33. The molecule has 0 fully saturated rings. The lowest BCUT2D eigenvalue weighted by Gasteiger charge is -2.09. The van der Waals surface area contributed by atoms with Crippen LogP contribution in [0.3, 0.4) is 0 Å². The second-order valence-electron chi connectivity index (χ2n) is 3.24. The molecule has 0 unspecified atom stereocenters. The first-order valence-electron chi connectivity index (χ1n) is 4.49. The minimum Gasteiger partial charge on any atom is -0.207 e. The molecule has 12 heavy (non-hydrogen) atoms. The highest BCUT2D eigenvalue weighted by Crippen LogP contribution is 2.20. The summed E-state index contributed by atoms with van der Waals surface area (Å²) in [7, 11) is 0. The normalized spacial score (nSPS) is 12.9. The van der Waals surface area contributed by atoms with Gasteiger partial charge >= 0.3 is 0 Å². The lowest BCUT2D eigenvalue weighted by molar-refractivity contribution is 0.613. The van der Waals surface area contributed by atoms with Gasteiger partial charge in [0.25, 0.3) is 0 Å². The Morgan fingerprint density at radius 1 is 1.42 bits per heavy atom. The zero-order valence-electron chi connectivity index (χ0n) is 7.68. The van der Waals surface area contributed by atoms with Crippen LogP contribution in [0.15, 0.2) is 24.3 Å². The van der Waals surface area contributed by atoms with Crippen molar-refractivity contribution in [3.8, 4) is 0 Å². The quantitative estimate of drug-likeness (QED) is 0.641. The third-order valence-electron chi connectivity index (χ3n) is 2.14. The monoisotopic (exact) mass is 166 g/mol. The maximum absolute atomic E-state index is 12.8. The third-order valence-corrected chi connectivity index (χ3v) is 2.14. The van der Waals surface area contributed by atoms with E-state index in [0.29, 0.717) is 5.92 Å². The molecule has 0 saturated heterocycles. The predicted octanol–water partition coefficient (Wildman–Crippen LogP) is 3.73. The Labute approximate surface area is 73.4 Å². The van der Waals surface area contributed by atoms with Gasteiger partial charge in [-0.15, -0.1) is 0 Å². The Morgan fingerprint density at radius 2 is 2.17 bits per heavy atom. The van der Waals surface area contributed by atoms with E-state index in [-0.39, 0.29) is 5.82 Å². The zero-order chi connectivity index (χ0) is 8.97. The number of hydrogen-bond donors (Lipinski definition) is 0. The van der Waals surface area contributed by atoms with E-state index in [9.17, 15) is 4.39 Å². The van der Waals surface area contributed by atoms with Crippen LogP contribution in [0.5, 0.6) is 0 Å². The summed E-state index contributed by atoms with van der Waals surface area (Å²) in [6, 6.07) is 6.88. The molecular formula is C11H15F. The van der Waals surface area contributed by atoms with E-state index in [1.54, 1.807) is 12.1 Å². The van der Waals surface area contributed by atoms with Gasteiger partial charge in [-0.05, 0) is 30.0 Å². The molecule has 0 amide bonds. The Balaban J connectivity index is 2.73. The van der Waals surface area contributed by atoms with E-state index in [0.717, 1.165) is 18.4 Å². The van der Waals surface area contributed by atoms with Crippen LogP contribution in [0.2, 0.25) is 0 Å². The van der Waals surface area contributed by atoms with E-state index in [2.05, 4.69) is 13.8 Å². The van der Waals surface area contributed by atoms with Gasteiger partial charge in [0.15, 0.2) is 0 Å². The summed E-state index contributed by atoms with van der Waals surface area (Å²) in [5, 5.41) is 0. The Kier molecular flexibility index (Phi) is 3.27. The molecule has 0 bridgehead atoms. The van der Waals surface area contributed by atoms with Crippen molar-refractivity contribution in [1.29, 1.82) is 0 Å². The van der Waals surface area contributed by atoms with Gasteiger partial charge in [0, 0.05) is 0 Å². The summed E-state index contributed by atoms with van der Waals surface area (Å²) in [4.78, 5) is 0. The number of halogens is 1. The van der Waals surface area contributed by atoms with Crippen molar-refractivity contribution in [2.24, 2.45) is 0 Å². The molecule has 0 saturated carbocycles. The topological polar surface area (TPSA) is 0 Å². The molecule has 1 aromatic rings. The Hall–Kier alpha value is -0.850. The van der Waals surface area contributed by atoms with Crippen molar-refractivity contribution in [3.05, 3.63) is 35.6 Å². The van der Waals surface area contributed by atoms with Crippen LogP contribution >= 0.6 is 0 Å². The van der Waals surface area contributed by atoms with Crippen LogP contribution in [0.25, 0.3) is 0 Å². The van der Waals surface area contributed by atoms with E-state index >= 15 is 0 Å². The SMILES string of the molecule is CCC[C@@H](C)c1cccc(F)c1. The smallest absolute Gasteiger partial charge is 0.123 e. The van der Waals surface area contributed by atoms with Gasteiger partial charge in [0.1, 0.15) is 5.82 Å². The first-order valence-corrected chi connectivity index (χ1v) is 4.49. The van der Waals surface area contributed by atoms with Gasteiger partial charge in [-0.2, -0.15) is 0 Å². The molecule has 0 aliphatic rings. The van der Waals surface area contributed by atoms with Crippen molar-refractivity contribution in [1.82, 2.24) is 0 Å².